The molecule has 1 aromatic carbocycles. The Kier molecular flexibility index (Phi) is 12.7. The summed E-state index contributed by atoms with van der Waals surface area (Å²) >= 11 is 0. The van der Waals surface area contributed by atoms with Gasteiger partial charge in [0.1, 0.15) is 17.1 Å². The molecule has 3 heteroatoms. The van der Waals surface area contributed by atoms with E-state index in [2.05, 4.69) is 34.6 Å². The molecular formula is C32H50O3. The van der Waals surface area contributed by atoms with Crippen molar-refractivity contribution in [1.29, 1.82) is 0 Å². The molecule has 0 fully saturated rings. The van der Waals surface area contributed by atoms with Gasteiger partial charge in [0, 0.05) is 6.08 Å². The molecule has 0 aromatic heterocycles. The molecule has 0 N–H and O–H groups in total. The molecule has 1 heterocycles. The molecule has 0 spiro atoms. The fourth-order valence-corrected chi connectivity index (χ4v) is 5.00. The van der Waals surface area contributed by atoms with Gasteiger partial charge in [0.15, 0.2) is 0 Å². The molecule has 3 nitrogen and oxygen atoms in total. The molecule has 0 aliphatic carbocycles. The SMILES string of the molecule is C/C=C/C=C/C(=O)Oc1ccc2c(c1)CCC(C)(CCCC(C)CCCC(C)CCCC(C)C)O2. The van der Waals surface area contributed by atoms with Crippen molar-refractivity contribution in [3.05, 3.63) is 48.1 Å². The average Bonchev–Trinajstić information content (AvgIpc) is 2.79. The summed E-state index contributed by atoms with van der Waals surface area (Å²) < 4.78 is 11.9. The van der Waals surface area contributed by atoms with Crippen LogP contribution in [0.3, 0.4) is 0 Å². The zero-order chi connectivity index (χ0) is 25.7. The van der Waals surface area contributed by atoms with Crippen LogP contribution in [-0.4, -0.2) is 11.6 Å². The minimum absolute atomic E-state index is 0.106. The van der Waals surface area contributed by atoms with Gasteiger partial charge in [-0.1, -0.05) is 90.9 Å². The third-order valence-corrected chi connectivity index (χ3v) is 7.34. The van der Waals surface area contributed by atoms with Crippen LogP contribution in [0.1, 0.15) is 111 Å². The summed E-state index contributed by atoms with van der Waals surface area (Å²) in [6, 6.07) is 5.73. The molecule has 1 aliphatic heterocycles. The van der Waals surface area contributed by atoms with Crippen LogP contribution in [0, 0.1) is 17.8 Å². The van der Waals surface area contributed by atoms with Crippen LogP contribution in [0.15, 0.2) is 42.5 Å². The first-order valence-corrected chi connectivity index (χ1v) is 14.0. The Balaban J connectivity index is 1.70. The second-order valence-electron chi connectivity index (χ2n) is 11.5. The van der Waals surface area contributed by atoms with E-state index in [0.717, 1.165) is 48.3 Å². The second kappa shape index (κ2) is 15.2. The Bertz CT molecular complexity index is 822. The van der Waals surface area contributed by atoms with Crippen LogP contribution >= 0.6 is 0 Å². The summed E-state index contributed by atoms with van der Waals surface area (Å²) in [6.07, 6.45) is 20.6. The van der Waals surface area contributed by atoms with E-state index in [4.69, 9.17) is 9.47 Å². The Morgan fingerprint density at radius 3 is 2.31 bits per heavy atom. The maximum Gasteiger partial charge on any atom is 0.336 e. The number of hydrogen-bond donors (Lipinski definition) is 0. The van der Waals surface area contributed by atoms with Gasteiger partial charge >= 0.3 is 5.97 Å². The fraction of sp³-hybridized carbons (Fsp3) is 0.656. The number of allylic oxidation sites excluding steroid dienone is 3. The maximum atomic E-state index is 11.9. The van der Waals surface area contributed by atoms with Crippen molar-refractivity contribution >= 4 is 5.97 Å². The van der Waals surface area contributed by atoms with E-state index < -0.39 is 0 Å². The molecular weight excluding hydrogens is 432 g/mol. The molecule has 0 saturated carbocycles. The van der Waals surface area contributed by atoms with Gasteiger partial charge in [-0.3, -0.25) is 0 Å². The summed E-state index contributed by atoms with van der Waals surface area (Å²) in [5.74, 6) is 3.64. The van der Waals surface area contributed by atoms with Crippen LogP contribution in [-0.2, 0) is 11.2 Å². The van der Waals surface area contributed by atoms with Crippen LogP contribution in [0.5, 0.6) is 11.5 Å². The lowest BCUT2D eigenvalue weighted by molar-refractivity contribution is -0.129. The molecule has 0 bridgehead atoms. The zero-order valence-corrected chi connectivity index (χ0v) is 23.3. The van der Waals surface area contributed by atoms with E-state index in [0.29, 0.717) is 5.75 Å². The minimum atomic E-state index is -0.362. The maximum absolute atomic E-state index is 11.9. The summed E-state index contributed by atoms with van der Waals surface area (Å²) in [6.45, 7) is 13.7. The van der Waals surface area contributed by atoms with Gasteiger partial charge in [-0.15, -0.1) is 0 Å². The normalized spacial score (nSPS) is 19.6. The second-order valence-corrected chi connectivity index (χ2v) is 11.5. The number of fused-ring (bicyclic) bond motifs is 1. The highest BCUT2D eigenvalue weighted by atomic mass is 16.5. The number of carbonyl (C=O) groups excluding carboxylic acids is 1. The summed E-state index contributed by atoms with van der Waals surface area (Å²) in [5.41, 5.74) is 1.02. The Morgan fingerprint density at radius 1 is 1.00 bits per heavy atom. The van der Waals surface area contributed by atoms with E-state index in [-0.39, 0.29) is 11.6 Å². The third-order valence-electron chi connectivity index (χ3n) is 7.34. The fourth-order valence-electron chi connectivity index (χ4n) is 5.00. The van der Waals surface area contributed by atoms with E-state index in [1.807, 2.05) is 31.2 Å². The lowest BCUT2D eigenvalue weighted by atomic mass is 9.86. The van der Waals surface area contributed by atoms with Gasteiger partial charge in [0.2, 0.25) is 0 Å². The first kappa shape index (κ1) is 29.2. The summed E-state index contributed by atoms with van der Waals surface area (Å²) in [7, 11) is 0. The predicted molar refractivity (Wildman–Crippen MR) is 148 cm³/mol. The van der Waals surface area contributed by atoms with Crippen LogP contribution in [0.4, 0.5) is 0 Å². The van der Waals surface area contributed by atoms with E-state index in [1.54, 1.807) is 12.2 Å². The smallest absolute Gasteiger partial charge is 0.336 e. The number of benzene rings is 1. The number of esters is 1. The number of rotatable bonds is 15. The summed E-state index contributed by atoms with van der Waals surface area (Å²) in [4.78, 5) is 11.9. The zero-order valence-electron chi connectivity index (χ0n) is 23.3. The highest BCUT2D eigenvalue weighted by Gasteiger charge is 2.31. The van der Waals surface area contributed by atoms with Crippen molar-refractivity contribution in [3.8, 4) is 11.5 Å². The van der Waals surface area contributed by atoms with Gasteiger partial charge < -0.3 is 9.47 Å². The molecule has 3 unspecified atom stereocenters. The van der Waals surface area contributed by atoms with Crippen molar-refractivity contribution in [1.82, 2.24) is 0 Å². The lowest BCUT2D eigenvalue weighted by Gasteiger charge is -2.36. The Morgan fingerprint density at radius 2 is 1.66 bits per heavy atom. The van der Waals surface area contributed by atoms with Gasteiger partial charge in [0.05, 0.1) is 0 Å². The van der Waals surface area contributed by atoms with Crippen LogP contribution < -0.4 is 9.47 Å². The van der Waals surface area contributed by atoms with Gasteiger partial charge in [-0.25, -0.2) is 4.79 Å². The molecule has 3 atom stereocenters. The van der Waals surface area contributed by atoms with Crippen molar-refractivity contribution in [3.63, 3.8) is 0 Å². The predicted octanol–water partition coefficient (Wildman–Crippen LogP) is 9.25. The quantitative estimate of drug-likeness (QED) is 0.108. The van der Waals surface area contributed by atoms with Gasteiger partial charge in [0.25, 0.3) is 0 Å². The highest BCUT2D eigenvalue weighted by Crippen LogP contribution is 2.38. The van der Waals surface area contributed by atoms with Crippen molar-refractivity contribution in [2.45, 2.75) is 118 Å². The van der Waals surface area contributed by atoms with Crippen molar-refractivity contribution in [2.75, 3.05) is 0 Å². The van der Waals surface area contributed by atoms with E-state index >= 15 is 0 Å². The number of carbonyl (C=O) groups is 1. The molecule has 2 rings (SSSR count). The molecule has 196 valence electrons. The van der Waals surface area contributed by atoms with Crippen molar-refractivity contribution in [2.24, 2.45) is 17.8 Å². The number of hydrogen-bond acceptors (Lipinski definition) is 3. The Labute approximate surface area is 215 Å². The lowest BCUT2D eigenvalue weighted by Crippen LogP contribution is -2.36. The molecule has 0 amide bonds. The first-order chi connectivity index (χ1) is 16.7. The molecule has 1 aliphatic rings. The minimum Gasteiger partial charge on any atom is -0.487 e. The summed E-state index contributed by atoms with van der Waals surface area (Å²) in [5, 5.41) is 0. The topological polar surface area (TPSA) is 35.5 Å². The number of aryl methyl sites for hydroxylation is 1. The molecule has 35 heavy (non-hydrogen) atoms. The first-order valence-electron chi connectivity index (χ1n) is 14.0. The van der Waals surface area contributed by atoms with Crippen LogP contribution in [0.25, 0.3) is 0 Å². The average molecular weight is 483 g/mol. The Hall–Kier alpha value is -2.03. The molecule has 0 saturated heterocycles. The van der Waals surface area contributed by atoms with Gasteiger partial charge in [-0.05, 0) is 81.0 Å². The third kappa shape index (κ3) is 11.5. The van der Waals surface area contributed by atoms with Gasteiger partial charge in [-0.2, -0.15) is 0 Å². The standard InChI is InChI=1S/C32H50O3/c1-7-8-9-18-31(33)34-29-19-20-30-28(24-29)21-23-32(6,35-30)22-12-17-27(5)16-11-15-26(4)14-10-13-25(2)3/h7-9,18-20,24-27H,10-17,21-23H2,1-6H3/b8-7+,18-9+. The molecule has 1 aromatic rings. The largest absolute Gasteiger partial charge is 0.487 e. The van der Waals surface area contributed by atoms with Crippen LogP contribution in [0.2, 0.25) is 0 Å². The molecule has 0 radical (unpaired) electrons. The van der Waals surface area contributed by atoms with E-state index in [1.165, 1.54) is 57.4 Å². The van der Waals surface area contributed by atoms with E-state index in [9.17, 15) is 4.79 Å². The monoisotopic (exact) mass is 482 g/mol. The number of ether oxygens (including phenoxy) is 2. The van der Waals surface area contributed by atoms with Crippen molar-refractivity contribution < 1.29 is 14.3 Å². The highest BCUT2D eigenvalue weighted by molar-refractivity contribution is 5.84.